The molecule has 1 aliphatic rings. The lowest BCUT2D eigenvalue weighted by molar-refractivity contribution is -0.0584. The van der Waals surface area contributed by atoms with E-state index in [1.165, 1.54) is 0 Å². The molecule has 0 radical (unpaired) electrons. The van der Waals surface area contributed by atoms with E-state index >= 15 is 0 Å². The van der Waals surface area contributed by atoms with E-state index in [-0.39, 0.29) is 12.4 Å². The summed E-state index contributed by atoms with van der Waals surface area (Å²) >= 11 is 0. The Morgan fingerprint density at radius 2 is 2.14 bits per heavy atom. The van der Waals surface area contributed by atoms with Crippen LogP contribution >= 0.6 is 0 Å². The minimum Gasteiger partial charge on any atom is -0.496 e. The fourth-order valence-electron chi connectivity index (χ4n) is 1.54. The quantitative estimate of drug-likeness (QED) is 0.721. The molecule has 0 unspecified atom stereocenters. The van der Waals surface area contributed by atoms with Gasteiger partial charge in [-0.3, -0.25) is 0 Å². The fourth-order valence-corrected chi connectivity index (χ4v) is 1.54. The van der Waals surface area contributed by atoms with Crippen LogP contribution in [0.5, 0.6) is 5.75 Å². The van der Waals surface area contributed by atoms with E-state index in [0.717, 1.165) is 11.3 Å². The van der Waals surface area contributed by atoms with Crippen molar-refractivity contribution >= 4 is 0 Å². The Kier molecular flexibility index (Phi) is 2.70. The molecule has 0 bridgehead atoms. The highest BCUT2D eigenvalue weighted by Crippen LogP contribution is 2.32. The van der Waals surface area contributed by atoms with Gasteiger partial charge in [0.05, 0.1) is 19.8 Å². The Morgan fingerprint density at radius 3 is 2.79 bits per heavy atom. The maximum atomic E-state index is 5.59. The summed E-state index contributed by atoms with van der Waals surface area (Å²) in [7, 11) is 1.65. The normalized spacial score (nSPS) is 26.4. The molecular formula is C11H14O3. The Morgan fingerprint density at radius 1 is 1.36 bits per heavy atom. The Hall–Kier alpha value is -1.06. The van der Waals surface area contributed by atoms with Crippen molar-refractivity contribution in [2.24, 2.45) is 0 Å². The number of ether oxygens (including phenoxy) is 3. The topological polar surface area (TPSA) is 27.7 Å². The largest absolute Gasteiger partial charge is 0.496 e. The van der Waals surface area contributed by atoms with Crippen LogP contribution in [0.15, 0.2) is 24.3 Å². The van der Waals surface area contributed by atoms with Crippen LogP contribution in [0.2, 0.25) is 0 Å². The maximum absolute atomic E-state index is 5.59. The standard InChI is InChI=1S/C11H14O3/c1-8-7-13-11(14-8)9-5-3-4-6-10(9)12-2/h3-6,8,11H,7H2,1-2H3/t8-,11-/m0/s1. The smallest absolute Gasteiger partial charge is 0.187 e. The van der Waals surface area contributed by atoms with Crippen molar-refractivity contribution in [1.82, 2.24) is 0 Å². The lowest BCUT2D eigenvalue weighted by Crippen LogP contribution is -2.03. The molecule has 1 saturated heterocycles. The Bertz CT molecular complexity index is 311. The number of benzene rings is 1. The molecule has 3 heteroatoms. The minimum atomic E-state index is -0.277. The molecule has 0 N–H and O–H groups in total. The molecule has 14 heavy (non-hydrogen) atoms. The first-order valence-electron chi connectivity index (χ1n) is 4.71. The van der Waals surface area contributed by atoms with Crippen LogP contribution in [0.4, 0.5) is 0 Å². The van der Waals surface area contributed by atoms with Gasteiger partial charge in [-0.25, -0.2) is 0 Å². The summed E-state index contributed by atoms with van der Waals surface area (Å²) in [6.45, 7) is 2.64. The average molecular weight is 194 g/mol. The van der Waals surface area contributed by atoms with Crippen LogP contribution in [0.25, 0.3) is 0 Å². The molecule has 1 heterocycles. The van der Waals surface area contributed by atoms with E-state index < -0.39 is 0 Å². The van der Waals surface area contributed by atoms with Crippen molar-refractivity contribution in [2.75, 3.05) is 13.7 Å². The van der Waals surface area contributed by atoms with Crippen LogP contribution in [-0.4, -0.2) is 19.8 Å². The minimum absolute atomic E-state index is 0.157. The van der Waals surface area contributed by atoms with Crippen molar-refractivity contribution in [1.29, 1.82) is 0 Å². The predicted molar refractivity (Wildman–Crippen MR) is 52.2 cm³/mol. The van der Waals surface area contributed by atoms with Gasteiger partial charge in [0.25, 0.3) is 0 Å². The monoisotopic (exact) mass is 194 g/mol. The van der Waals surface area contributed by atoms with Gasteiger partial charge in [0, 0.05) is 5.56 Å². The number of hydrogen-bond donors (Lipinski definition) is 0. The van der Waals surface area contributed by atoms with E-state index in [2.05, 4.69) is 0 Å². The highest BCUT2D eigenvalue weighted by molar-refractivity contribution is 5.34. The molecule has 76 valence electrons. The summed E-state index contributed by atoms with van der Waals surface area (Å²) in [5.74, 6) is 0.812. The second kappa shape index (κ2) is 3.98. The van der Waals surface area contributed by atoms with Crippen molar-refractivity contribution in [3.05, 3.63) is 29.8 Å². The average Bonchev–Trinajstić information content (AvgIpc) is 2.65. The van der Waals surface area contributed by atoms with Crippen LogP contribution in [-0.2, 0) is 9.47 Å². The Labute approximate surface area is 83.6 Å². The summed E-state index contributed by atoms with van der Waals surface area (Å²) in [6, 6.07) is 7.75. The SMILES string of the molecule is COc1ccccc1[C@H]1OC[C@H](C)O1. The van der Waals surface area contributed by atoms with Crippen LogP contribution in [0.3, 0.4) is 0 Å². The van der Waals surface area contributed by atoms with Gasteiger partial charge in [-0.05, 0) is 13.0 Å². The molecule has 0 amide bonds. The summed E-state index contributed by atoms with van der Waals surface area (Å²) in [4.78, 5) is 0. The second-order valence-corrected chi connectivity index (χ2v) is 3.35. The summed E-state index contributed by atoms with van der Waals surface area (Å²) < 4.78 is 16.3. The highest BCUT2D eigenvalue weighted by atomic mass is 16.7. The van der Waals surface area contributed by atoms with Gasteiger partial charge < -0.3 is 14.2 Å². The van der Waals surface area contributed by atoms with Crippen LogP contribution in [0.1, 0.15) is 18.8 Å². The van der Waals surface area contributed by atoms with Gasteiger partial charge >= 0.3 is 0 Å². The number of para-hydroxylation sites is 1. The van der Waals surface area contributed by atoms with Crippen molar-refractivity contribution in [3.8, 4) is 5.75 Å². The van der Waals surface area contributed by atoms with Crippen molar-refractivity contribution < 1.29 is 14.2 Å². The molecule has 0 spiro atoms. The first kappa shape index (κ1) is 9.49. The van der Waals surface area contributed by atoms with E-state index in [1.54, 1.807) is 7.11 Å². The molecule has 0 aromatic heterocycles. The lowest BCUT2D eigenvalue weighted by atomic mass is 10.2. The summed E-state index contributed by atoms with van der Waals surface area (Å²) in [6.07, 6.45) is -0.119. The molecule has 1 aromatic carbocycles. The third kappa shape index (κ3) is 1.74. The van der Waals surface area contributed by atoms with E-state index in [4.69, 9.17) is 14.2 Å². The van der Waals surface area contributed by atoms with Crippen LogP contribution in [0, 0.1) is 0 Å². The van der Waals surface area contributed by atoms with Crippen LogP contribution < -0.4 is 4.74 Å². The number of hydrogen-bond acceptors (Lipinski definition) is 3. The predicted octanol–water partition coefficient (Wildman–Crippen LogP) is 2.13. The molecule has 2 atom stereocenters. The van der Waals surface area contributed by atoms with Gasteiger partial charge in [-0.1, -0.05) is 18.2 Å². The highest BCUT2D eigenvalue weighted by Gasteiger charge is 2.26. The van der Waals surface area contributed by atoms with Gasteiger partial charge in [0.15, 0.2) is 6.29 Å². The van der Waals surface area contributed by atoms with E-state index in [9.17, 15) is 0 Å². The van der Waals surface area contributed by atoms with Gasteiger partial charge in [-0.2, -0.15) is 0 Å². The molecule has 1 fully saturated rings. The Balaban J connectivity index is 2.22. The number of methoxy groups -OCH3 is 1. The molecule has 1 aromatic rings. The summed E-state index contributed by atoms with van der Waals surface area (Å²) in [5.41, 5.74) is 0.958. The van der Waals surface area contributed by atoms with Gasteiger partial charge in [-0.15, -0.1) is 0 Å². The number of rotatable bonds is 2. The third-order valence-corrected chi connectivity index (χ3v) is 2.23. The van der Waals surface area contributed by atoms with Crippen molar-refractivity contribution in [3.63, 3.8) is 0 Å². The van der Waals surface area contributed by atoms with Crippen molar-refractivity contribution in [2.45, 2.75) is 19.3 Å². The lowest BCUT2D eigenvalue weighted by Gasteiger charge is -2.13. The maximum Gasteiger partial charge on any atom is 0.187 e. The first-order chi connectivity index (χ1) is 6.81. The van der Waals surface area contributed by atoms with E-state index in [1.807, 2.05) is 31.2 Å². The van der Waals surface area contributed by atoms with E-state index in [0.29, 0.717) is 6.61 Å². The molecule has 2 rings (SSSR count). The molecule has 3 nitrogen and oxygen atoms in total. The zero-order chi connectivity index (χ0) is 9.97. The fraction of sp³-hybridized carbons (Fsp3) is 0.455. The molecule has 0 aliphatic carbocycles. The third-order valence-electron chi connectivity index (χ3n) is 2.23. The zero-order valence-corrected chi connectivity index (χ0v) is 8.40. The van der Waals surface area contributed by atoms with Gasteiger partial charge in [0.1, 0.15) is 5.75 Å². The summed E-state index contributed by atoms with van der Waals surface area (Å²) in [5, 5.41) is 0. The molecule has 1 aliphatic heterocycles. The molecule has 0 saturated carbocycles. The second-order valence-electron chi connectivity index (χ2n) is 3.35. The zero-order valence-electron chi connectivity index (χ0n) is 8.40. The molecular weight excluding hydrogens is 180 g/mol. The first-order valence-corrected chi connectivity index (χ1v) is 4.71. The van der Waals surface area contributed by atoms with Gasteiger partial charge in [0.2, 0.25) is 0 Å².